The number of nitrogens with zero attached hydrogens (tertiary/aromatic N) is 2. The van der Waals surface area contributed by atoms with Crippen molar-refractivity contribution < 1.29 is 19.1 Å². The molecule has 1 aromatic rings. The van der Waals surface area contributed by atoms with Gasteiger partial charge in [-0.1, -0.05) is 0 Å². The molecule has 0 aliphatic carbocycles. The number of carbonyl (C=O) groups excluding carboxylic acids is 3. The maximum absolute atomic E-state index is 12.6. The summed E-state index contributed by atoms with van der Waals surface area (Å²) in [5.41, 5.74) is 6.05. The molecule has 2 saturated heterocycles. The van der Waals surface area contributed by atoms with Gasteiger partial charge in [-0.3, -0.25) is 19.4 Å². The predicted molar refractivity (Wildman–Crippen MR) is 103 cm³/mol. The highest BCUT2D eigenvalue weighted by atomic mass is 32.1. The molecule has 0 radical (unpaired) electrons. The van der Waals surface area contributed by atoms with Crippen LogP contribution in [0.15, 0.2) is 0 Å². The maximum Gasteiger partial charge on any atom is 0.341 e. The van der Waals surface area contributed by atoms with Crippen LogP contribution in [0.25, 0.3) is 0 Å². The molecule has 148 valence electrons. The normalized spacial score (nSPS) is 20.3. The van der Waals surface area contributed by atoms with Crippen LogP contribution in [0.1, 0.15) is 45.4 Å². The average Bonchev–Trinajstić information content (AvgIpc) is 3.19. The summed E-state index contributed by atoms with van der Waals surface area (Å²) in [7, 11) is 0. The number of hydrogen-bond donors (Lipinski definition) is 2. The molecule has 2 aliphatic heterocycles. The van der Waals surface area contributed by atoms with Crippen molar-refractivity contribution in [3.8, 4) is 0 Å². The maximum atomic E-state index is 12.6. The molecule has 3 N–H and O–H groups in total. The number of fused-ring (bicyclic) bond motifs is 1. The number of hydrogen-bond acceptors (Lipinski definition) is 7. The molecule has 0 spiro atoms. The zero-order chi connectivity index (χ0) is 19.6. The fraction of sp³-hybridized carbons (Fsp3) is 0.611. The van der Waals surface area contributed by atoms with Gasteiger partial charge < -0.3 is 15.8 Å². The Hall–Kier alpha value is -1.97. The van der Waals surface area contributed by atoms with E-state index in [0.717, 1.165) is 37.5 Å². The van der Waals surface area contributed by atoms with Crippen molar-refractivity contribution in [2.24, 2.45) is 5.73 Å². The quantitative estimate of drug-likeness (QED) is 0.699. The number of esters is 1. The van der Waals surface area contributed by atoms with E-state index in [1.807, 2.05) is 0 Å². The minimum atomic E-state index is -0.624. The highest BCUT2D eigenvalue weighted by Gasteiger charge is 2.31. The van der Waals surface area contributed by atoms with Crippen LogP contribution in [-0.4, -0.2) is 73.0 Å². The third kappa shape index (κ3) is 4.31. The van der Waals surface area contributed by atoms with E-state index in [-0.39, 0.29) is 29.5 Å². The highest BCUT2D eigenvalue weighted by Crippen LogP contribution is 2.33. The molecule has 0 bridgehead atoms. The summed E-state index contributed by atoms with van der Waals surface area (Å²) in [5.74, 6) is -1.39. The lowest BCUT2D eigenvalue weighted by atomic mass is 10.1. The number of nitrogens with two attached hydrogens (primary N) is 1. The predicted octanol–water partition coefficient (Wildman–Crippen LogP) is 1.05. The van der Waals surface area contributed by atoms with Gasteiger partial charge in [0.1, 0.15) is 5.00 Å². The highest BCUT2D eigenvalue weighted by molar-refractivity contribution is 7.18. The molecule has 1 atom stereocenters. The lowest BCUT2D eigenvalue weighted by molar-refractivity contribution is -0.117. The number of ether oxygens (including phenoxy) is 1. The van der Waals surface area contributed by atoms with Gasteiger partial charge >= 0.3 is 5.97 Å². The molecule has 1 unspecified atom stereocenters. The van der Waals surface area contributed by atoms with Gasteiger partial charge in [0, 0.05) is 25.7 Å². The number of rotatable bonds is 6. The van der Waals surface area contributed by atoms with Gasteiger partial charge in [0.15, 0.2) is 0 Å². The first-order valence-electron chi connectivity index (χ1n) is 9.27. The van der Waals surface area contributed by atoms with Gasteiger partial charge in [-0.05, 0) is 38.8 Å². The summed E-state index contributed by atoms with van der Waals surface area (Å²) >= 11 is 1.02. The molecular formula is C18H26N4O4S. The van der Waals surface area contributed by atoms with Gasteiger partial charge in [-0.15, -0.1) is 11.3 Å². The Labute approximate surface area is 162 Å². The second-order valence-electron chi connectivity index (χ2n) is 6.96. The molecule has 1 aromatic heterocycles. The fourth-order valence-corrected chi connectivity index (χ4v) is 4.92. The van der Waals surface area contributed by atoms with Crippen LogP contribution < -0.4 is 11.1 Å². The molecule has 0 saturated carbocycles. The first kappa shape index (κ1) is 19.8. The second-order valence-corrected chi connectivity index (χ2v) is 7.98. The smallest absolute Gasteiger partial charge is 0.341 e. The van der Waals surface area contributed by atoms with E-state index >= 15 is 0 Å². The SMILES string of the molecule is CCOC(=O)c1c(NC(=O)CN2CCN3CCCC3C2)sc(C(N)=O)c1C. The molecule has 2 aliphatic rings. The standard InChI is InChI=1S/C18H26N4O4S/c1-3-26-18(25)14-11(2)15(16(19)24)27-17(14)20-13(23)10-21-7-8-22-6-4-5-12(22)9-21/h12H,3-10H2,1-2H3,(H2,19,24)(H,20,23). The number of carbonyl (C=O) groups is 3. The zero-order valence-electron chi connectivity index (χ0n) is 15.7. The first-order chi connectivity index (χ1) is 12.9. The van der Waals surface area contributed by atoms with E-state index in [9.17, 15) is 14.4 Å². The van der Waals surface area contributed by atoms with Gasteiger partial charge in [-0.2, -0.15) is 0 Å². The van der Waals surface area contributed by atoms with E-state index in [1.165, 1.54) is 12.8 Å². The Morgan fingerprint density at radius 3 is 2.78 bits per heavy atom. The monoisotopic (exact) mass is 394 g/mol. The number of thiophene rings is 1. The molecule has 3 rings (SSSR count). The zero-order valence-corrected chi connectivity index (χ0v) is 16.6. The van der Waals surface area contributed by atoms with E-state index in [2.05, 4.69) is 15.1 Å². The van der Waals surface area contributed by atoms with E-state index in [0.29, 0.717) is 16.6 Å². The van der Waals surface area contributed by atoms with Crippen molar-refractivity contribution in [2.45, 2.75) is 32.7 Å². The lowest BCUT2D eigenvalue weighted by Gasteiger charge is -2.37. The summed E-state index contributed by atoms with van der Waals surface area (Å²) in [5, 5.41) is 3.11. The molecule has 0 aromatic carbocycles. The minimum Gasteiger partial charge on any atom is -0.462 e. The van der Waals surface area contributed by atoms with Crippen LogP contribution in [-0.2, 0) is 9.53 Å². The van der Waals surface area contributed by atoms with Crippen molar-refractivity contribution in [3.63, 3.8) is 0 Å². The third-order valence-electron chi connectivity index (χ3n) is 5.14. The molecule has 3 heterocycles. The molecule has 27 heavy (non-hydrogen) atoms. The number of piperazine rings is 1. The van der Waals surface area contributed by atoms with Gasteiger partial charge in [-0.25, -0.2) is 4.79 Å². The first-order valence-corrected chi connectivity index (χ1v) is 10.1. The van der Waals surface area contributed by atoms with Crippen molar-refractivity contribution in [3.05, 3.63) is 16.0 Å². The molecule has 8 nitrogen and oxygen atoms in total. The van der Waals surface area contributed by atoms with E-state index in [4.69, 9.17) is 10.5 Å². The van der Waals surface area contributed by atoms with Crippen LogP contribution in [0.2, 0.25) is 0 Å². The lowest BCUT2D eigenvalue weighted by Crippen LogP contribution is -2.51. The number of amides is 2. The summed E-state index contributed by atoms with van der Waals surface area (Å²) < 4.78 is 5.07. The van der Waals surface area contributed by atoms with Crippen molar-refractivity contribution in [1.82, 2.24) is 9.80 Å². The van der Waals surface area contributed by atoms with Crippen LogP contribution in [0.4, 0.5) is 5.00 Å². The minimum absolute atomic E-state index is 0.204. The van der Waals surface area contributed by atoms with Crippen LogP contribution in [0.3, 0.4) is 0 Å². The van der Waals surface area contributed by atoms with Gasteiger partial charge in [0.25, 0.3) is 5.91 Å². The van der Waals surface area contributed by atoms with Gasteiger partial charge in [0.2, 0.25) is 5.91 Å². The Morgan fingerprint density at radius 1 is 1.30 bits per heavy atom. The largest absolute Gasteiger partial charge is 0.462 e. The Bertz CT molecular complexity index is 748. The van der Waals surface area contributed by atoms with Crippen LogP contribution in [0.5, 0.6) is 0 Å². The molecule has 9 heteroatoms. The average molecular weight is 394 g/mol. The molecule has 2 amide bonds. The fourth-order valence-electron chi connectivity index (χ4n) is 3.85. The Kier molecular flexibility index (Phi) is 6.13. The van der Waals surface area contributed by atoms with Crippen molar-refractivity contribution in [2.75, 3.05) is 44.6 Å². The summed E-state index contributed by atoms with van der Waals surface area (Å²) in [6.07, 6.45) is 2.40. The summed E-state index contributed by atoms with van der Waals surface area (Å²) in [6.45, 7) is 7.68. The van der Waals surface area contributed by atoms with Crippen molar-refractivity contribution in [1.29, 1.82) is 0 Å². The van der Waals surface area contributed by atoms with Crippen LogP contribution >= 0.6 is 11.3 Å². The van der Waals surface area contributed by atoms with Crippen molar-refractivity contribution >= 4 is 34.1 Å². The Morgan fingerprint density at radius 2 is 2.07 bits per heavy atom. The van der Waals surface area contributed by atoms with Gasteiger partial charge in [0.05, 0.1) is 23.6 Å². The summed E-state index contributed by atoms with van der Waals surface area (Å²) in [4.78, 5) is 41.4. The molecular weight excluding hydrogens is 368 g/mol. The number of anilines is 1. The summed E-state index contributed by atoms with van der Waals surface area (Å²) in [6, 6.07) is 0.534. The molecule has 2 fully saturated rings. The Balaban J connectivity index is 1.70. The number of nitrogens with one attached hydrogen (secondary N) is 1. The topological polar surface area (TPSA) is 105 Å². The third-order valence-corrected chi connectivity index (χ3v) is 6.36. The second kappa shape index (κ2) is 8.37. The van der Waals surface area contributed by atoms with Crippen LogP contribution in [0, 0.1) is 6.92 Å². The van der Waals surface area contributed by atoms with E-state index in [1.54, 1.807) is 13.8 Å². The number of primary amides is 1. The van der Waals surface area contributed by atoms with E-state index < -0.39 is 11.9 Å².